The highest BCUT2D eigenvalue weighted by atomic mass is 32.2. The zero-order valence-electron chi connectivity index (χ0n) is 14.9. The number of rotatable bonds is 5. The number of ketones is 1. The van der Waals surface area contributed by atoms with Gasteiger partial charge in [0.05, 0.1) is 6.10 Å². The molecule has 0 aliphatic carbocycles. The number of carbonyl (C=O) groups excluding carboxylic acids is 2. The number of benzene rings is 1. The molecular formula is C19H21NO5S. The molecule has 1 unspecified atom stereocenters. The molecule has 2 heterocycles. The second-order valence-corrected chi connectivity index (χ2v) is 8.75. The highest BCUT2D eigenvalue weighted by Gasteiger charge is 2.54. The minimum atomic E-state index is -3.47. The van der Waals surface area contributed by atoms with Crippen LogP contribution in [0.1, 0.15) is 36.3 Å². The summed E-state index contributed by atoms with van der Waals surface area (Å²) in [7, 11) is -3.47. The molecule has 26 heavy (non-hydrogen) atoms. The highest BCUT2D eigenvalue weighted by molar-refractivity contribution is 7.90. The number of fused-ring (bicyclic) bond motifs is 1. The van der Waals surface area contributed by atoms with Crippen LogP contribution in [0.25, 0.3) is 0 Å². The summed E-state index contributed by atoms with van der Waals surface area (Å²) in [6.45, 7) is 3.69. The summed E-state index contributed by atoms with van der Waals surface area (Å²) in [6.07, 6.45) is 0.896. The standard InChI is InChI=1S/C19H21NO5S/c1-13(2)25-18(22)19(17(21)14-7-5-4-6-8-14)11-12-20-15(19)9-10-16(20)26(3,23)24/h4-10,13H,11-12H2,1-3H3. The van der Waals surface area contributed by atoms with Gasteiger partial charge in [0.25, 0.3) is 0 Å². The van der Waals surface area contributed by atoms with E-state index in [1.165, 1.54) is 10.6 Å². The fourth-order valence-electron chi connectivity index (χ4n) is 3.46. The smallest absolute Gasteiger partial charge is 0.326 e. The Labute approximate surface area is 152 Å². The topological polar surface area (TPSA) is 82.4 Å². The van der Waals surface area contributed by atoms with Gasteiger partial charge in [-0.25, -0.2) is 8.42 Å². The monoisotopic (exact) mass is 375 g/mol. The molecular weight excluding hydrogens is 354 g/mol. The molecule has 0 bridgehead atoms. The lowest BCUT2D eigenvalue weighted by Crippen LogP contribution is -2.44. The number of Topliss-reactive ketones (excluding diaryl/α,β-unsaturated/α-hetero) is 1. The van der Waals surface area contributed by atoms with Crippen LogP contribution in [-0.2, 0) is 31.3 Å². The van der Waals surface area contributed by atoms with Crippen molar-refractivity contribution in [3.63, 3.8) is 0 Å². The fourth-order valence-corrected chi connectivity index (χ4v) is 4.37. The Hall–Kier alpha value is -2.41. The third-order valence-corrected chi connectivity index (χ3v) is 5.70. The van der Waals surface area contributed by atoms with Gasteiger partial charge < -0.3 is 9.30 Å². The Balaban J connectivity index is 2.19. The Morgan fingerprint density at radius 3 is 2.35 bits per heavy atom. The molecule has 0 saturated carbocycles. The van der Waals surface area contributed by atoms with E-state index < -0.39 is 21.2 Å². The maximum Gasteiger partial charge on any atom is 0.326 e. The first-order valence-corrected chi connectivity index (χ1v) is 10.3. The van der Waals surface area contributed by atoms with Crippen LogP contribution < -0.4 is 0 Å². The molecule has 1 aliphatic rings. The molecule has 0 radical (unpaired) electrons. The Morgan fingerprint density at radius 2 is 1.77 bits per heavy atom. The summed E-state index contributed by atoms with van der Waals surface area (Å²) in [5.74, 6) is -1.01. The van der Waals surface area contributed by atoms with Crippen LogP contribution in [0.4, 0.5) is 0 Å². The SMILES string of the molecule is CC(C)OC(=O)C1(C(=O)c2ccccc2)CCn2c1ccc2S(C)(=O)=O. The maximum atomic E-state index is 13.3. The highest BCUT2D eigenvalue weighted by Crippen LogP contribution is 2.41. The van der Waals surface area contributed by atoms with Gasteiger partial charge in [-0.2, -0.15) is 0 Å². The normalized spacial score (nSPS) is 19.4. The predicted molar refractivity (Wildman–Crippen MR) is 95.8 cm³/mol. The van der Waals surface area contributed by atoms with Crippen LogP contribution in [0.3, 0.4) is 0 Å². The van der Waals surface area contributed by atoms with Crippen molar-refractivity contribution in [2.24, 2.45) is 0 Å². The molecule has 0 fully saturated rings. The second kappa shape index (κ2) is 6.39. The zero-order valence-corrected chi connectivity index (χ0v) is 15.7. The number of nitrogens with zero attached hydrogens (tertiary/aromatic N) is 1. The van der Waals surface area contributed by atoms with Gasteiger partial charge in [-0.1, -0.05) is 30.3 Å². The lowest BCUT2D eigenvalue weighted by Gasteiger charge is -2.26. The van der Waals surface area contributed by atoms with Gasteiger partial charge >= 0.3 is 5.97 Å². The zero-order chi connectivity index (χ0) is 19.1. The first kappa shape index (κ1) is 18.4. The van der Waals surface area contributed by atoms with E-state index in [4.69, 9.17) is 4.74 Å². The van der Waals surface area contributed by atoms with Crippen molar-refractivity contribution in [2.45, 2.75) is 43.4 Å². The third kappa shape index (κ3) is 2.86. The molecule has 3 rings (SSSR count). The number of hydrogen-bond acceptors (Lipinski definition) is 5. The van der Waals surface area contributed by atoms with Crippen molar-refractivity contribution in [3.05, 3.63) is 53.7 Å². The van der Waals surface area contributed by atoms with E-state index in [9.17, 15) is 18.0 Å². The summed E-state index contributed by atoms with van der Waals surface area (Å²) in [4.78, 5) is 26.4. The van der Waals surface area contributed by atoms with Crippen molar-refractivity contribution in [1.29, 1.82) is 0 Å². The quantitative estimate of drug-likeness (QED) is 0.455. The van der Waals surface area contributed by atoms with Crippen LogP contribution in [0.5, 0.6) is 0 Å². The van der Waals surface area contributed by atoms with Gasteiger partial charge in [0.1, 0.15) is 5.03 Å². The molecule has 1 aromatic carbocycles. The van der Waals surface area contributed by atoms with Crippen molar-refractivity contribution in [2.75, 3.05) is 6.26 Å². The molecule has 2 aromatic rings. The lowest BCUT2D eigenvalue weighted by atomic mass is 9.76. The molecule has 138 valence electrons. The molecule has 0 spiro atoms. The van der Waals surface area contributed by atoms with E-state index in [2.05, 4.69) is 0 Å². The first-order valence-electron chi connectivity index (χ1n) is 8.39. The van der Waals surface area contributed by atoms with Crippen molar-refractivity contribution in [1.82, 2.24) is 4.57 Å². The summed E-state index contributed by atoms with van der Waals surface area (Å²) in [5.41, 5.74) is -0.768. The van der Waals surface area contributed by atoms with Gasteiger partial charge in [0.2, 0.25) is 0 Å². The van der Waals surface area contributed by atoms with E-state index in [0.717, 1.165) is 6.26 Å². The molecule has 0 amide bonds. The number of esters is 1. The largest absolute Gasteiger partial charge is 0.462 e. The van der Waals surface area contributed by atoms with Gasteiger partial charge in [-0.05, 0) is 32.4 Å². The van der Waals surface area contributed by atoms with Crippen LogP contribution in [-0.4, -0.2) is 37.1 Å². The van der Waals surface area contributed by atoms with Crippen LogP contribution in [0.15, 0.2) is 47.5 Å². The van der Waals surface area contributed by atoms with Crippen LogP contribution in [0.2, 0.25) is 0 Å². The van der Waals surface area contributed by atoms with Gasteiger partial charge in [-0.15, -0.1) is 0 Å². The molecule has 1 aliphatic heterocycles. The van der Waals surface area contributed by atoms with E-state index in [-0.39, 0.29) is 29.9 Å². The number of ether oxygens (including phenoxy) is 1. The van der Waals surface area contributed by atoms with Gasteiger partial charge in [-0.3, -0.25) is 9.59 Å². The van der Waals surface area contributed by atoms with Crippen molar-refractivity contribution >= 4 is 21.6 Å². The fraction of sp³-hybridized carbons (Fsp3) is 0.368. The number of sulfone groups is 1. The Bertz CT molecular complexity index is 959. The number of carbonyl (C=O) groups is 2. The number of hydrogen-bond donors (Lipinski definition) is 0. The summed E-state index contributed by atoms with van der Waals surface area (Å²) in [6, 6.07) is 11.5. The maximum absolute atomic E-state index is 13.3. The molecule has 7 heteroatoms. The minimum absolute atomic E-state index is 0.104. The molecule has 0 saturated heterocycles. The average Bonchev–Trinajstić information content (AvgIpc) is 3.14. The Kier molecular flexibility index (Phi) is 4.52. The molecule has 6 nitrogen and oxygen atoms in total. The third-order valence-electron chi connectivity index (χ3n) is 4.58. The minimum Gasteiger partial charge on any atom is -0.462 e. The molecule has 1 aromatic heterocycles. The summed E-state index contributed by atoms with van der Waals surface area (Å²) in [5, 5.41) is 0.104. The van der Waals surface area contributed by atoms with E-state index in [1.807, 2.05) is 0 Å². The van der Waals surface area contributed by atoms with Crippen molar-refractivity contribution in [3.8, 4) is 0 Å². The van der Waals surface area contributed by atoms with Crippen LogP contribution in [0, 0.1) is 0 Å². The molecule has 0 N–H and O–H groups in total. The lowest BCUT2D eigenvalue weighted by molar-refractivity contribution is -0.152. The van der Waals surface area contributed by atoms with Crippen LogP contribution >= 0.6 is 0 Å². The Morgan fingerprint density at radius 1 is 1.12 bits per heavy atom. The summed E-state index contributed by atoms with van der Waals surface area (Å²) < 4.78 is 31.0. The second-order valence-electron chi connectivity index (χ2n) is 6.79. The van der Waals surface area contributed by atoms with E-state index >= 15 is 0 Å². The summed E-state index contributed by atoms with van der Waals surface area (Å²) >= 11 is 0. The number of aromatic nitrogens is 1. The van der Waals surface area contributed by atoms with Gasteiger partial charge in [0, 0.05) is 24.1 Å². The van der Waals surface area contributed by atoms with Gasteiger partial charge in [0.15, 0.2) is 21.0 Å². The molecule has 1 atom stereocenters. The predicted octanol–water partition coefficient (Wildman–Crippen LogP) is 2.37. The van der Waals surface area contributed by atoms with E-state index in [0.29, 0.717) is 11.3 Å². The first-order chi connectivity index (χ1) is 12.2. The average molecular weight is 375 g/mol. The van der Waals surface area contributed by atoms with Crippen molar-refractivity contribution < 1.29 is 22.7 Å². The van der Waals surface area contributed by atoms with E-state index in [1.54, 1.807) is 50.2 Å².